The van der Waals surface area contributed by atoms with Crippen molar-refractivity contribution >= 4 is 5.71 Å². The van der Waals surface area contributed by atoms with Crippen LogP contribution in [0.1, 0.15) is 44.6 Å². The van der Waals surface area contributed by atoms with E-state index in [1.54, 1.807) is 12.5 Å². The average molecular weight is 207 g/mol. The lowest BCUT2D eigenvalue weighted by Gasteiger charge is -2.21. The minimum absolute atomic E-state index is 0.206. The molecule has 0 aliphatic heterocycles. The lowest BCUT2D eigenvalue weighted by atomic mass is 9.95. The Labute approximate surface area is 89.6 Å². The van der Waals surface area contributed by atoms with Crippen molar-refractivity contribution in [2.75, 3.05) is 0 Å². The molecular weight excluding hydrogens is 190 g/mol. The van der Waals surface area contributed by atoms with Gasteiger partial charge in [0.2, 0.25) is 0 Å². The molecule has 1 aromatic rings. The van der Waals surface area contributed by atoms with Crippen molar-refractivity contribution in [1.82, 2.24) is 9.55 Å². The van der Waals surface area contributed by atoms with Gasteiger partial charge in [-0.25, -0.2) is 4.98 Å². The number of nitrogens with zero attached hydrogens (tertiary/aromatic N) is 3. The highest BCUT2D eigenvalue weighted by molar-refractivity contribution is 5.87. The molecule has 1 aliphatic carbocycles. The van der Waals surface area contributed by atoms with Crippen LogP contribution in [-0.2, 0) is 0 Å². The summed E-state index contributed by atoms with van der Waals surface area (Å²) < 4.78 is 2.04. The van der Waals surface area contributed by atoms with Crippen molar-refractivity contribution < 1.29 is 5.21 Å². The summed E-state index contributed by atoms with van der Waals surface area (Å²) in [4.78, 5) is 4.05. The summed E-state index contributed by atoms with van der Waals surface area (Å²) in [5, 5.41) is 12.5. The molecule has 1 saturated carbocycles. The summed E-state index contributed by atoms with van der Waals surface area (Å²) in [6, 6.07) is 0.206. The van der Waals surface area contributed by atoms with E-state index in [0.717, 1.165) is 25.0 Å². The molecule has 0 aromatic carbocycles. The van der Waals surface area contributed by atoms with Gasteiger partial charge in [-0.15, -0.1) is 0 Å². The van der Waals surface area contributed by atoms with Gasteiger partial charge in [0, 0.05) is 12.4 Å². The molecule has 82 valence electrons. The highest BCUT2D eigenvalue weighted by atomic mass is 16.4. The zero-order chi connectivity index (χ0) is 10.5. The Kier molecular flexibility index (Phi) is 3.37. The Morgan fingerprint density at radius 3 is 2.93 bits per heavy atom. The molecule has 4 nitrogen and oxygen atoms in total. The normalized spacial score (nSPS) is 26.1. The van der Waals surface area contributed by atoms with E-state index < -0.39 is 0 Å². The van der Waals surface area contributed by atoms with Crippen LogP contribution in [0.15, 0.2) is 23.9 Å². The third-order valence-electron chi connectivity index (χ3n) is 3.06. The molecule has 0 spiro atoms. The maximum Gasteiger partial charge on any atom is 0.0952 e. The molecule has 2 rings (SSSR count). The molecule has 1 aliphatic rings. The molecule has 0 amide bonds. The van der Waals surface area contributed by atoms with Crippen LogP contribution in [0.2, 0.25) is 0 Å². The van der Waals surface area contributed by atoms with Crippen molar-refractivity contribution in [3.8, 4) is 0 Å². The molecule has 1 N–H and O–H groups in total. The van der Waals surface area contributed by atoms with Crippen LogP contribution in [0, 0.1) is 0 Å². The first-order valence-corrected chi connectivity index (χ1v) is 5.60. The first kappa shape index (κ1) is 10.2. The van der Waals surface area contributed by atoms with E-state index in [0.29, 0.717) is 0 Å². The summed E-state index contributed by atoms with van der Waals surface area (Å²) >= 11 is 0. The maximum atomic E-state index is 9.03. The fraction of sp³-hybridized carbons (Fsp3) is 0.636. The van der Waals surface area contributed by atoms with E-state index >= 15 is 0 Å². The molecule has 0 radical (unpaired) electrons. The van der Waals surface area contributed by atoms with Gasteiger partial charge in [0.1, 0.15) is 0 Å². The SMILES string of the molecule is ON=C1CCCCCCC1n1ccnc1. The predicted octanol–water partition coefficient (Wildman–Crippen LogP) is 2.61. The van der Waals surface area contributed by atoms with Gasteiger partial charge in [0.25, 0.3) is 0 Å². The molecule has 1 aromatic heterocycles. The highest BCUT2D eigenvalue weighted by Gasteiger charge is 2.19. The van der Waals surface area contributed by atoms with Crippen molar-refractivity contribution in [1.29, 1.82) is 0 Å². The summed E-state index contributed by atoms with van der Waals surface area (Å²) in [6.45, 7) is 0. The van der Waals surface area contributed by atoms with Gasteiger partial charge in [0.05, 0.1) is 18.1 Å². The van der Waals surface area contributed by atoms with Gasteiger partial charge >= 0.3 is 0 Å². The Balaban J connectivity index is 2.17. The second kappa shape index (κ2) is 4.96. The minimum atomic E-state index is 0.206. The van der Waals surface area contributed by atoms with Crippen LogP contribution < -0.4 is 0 Å². The van der Waals surface area contributed by atoms with E-state index in [-0.39, 0.29) is 6.04 Å². The molecule has 0 saturated heterocycles. The summed E-state index contributed by atoms with van der Waals surface area (Å²) in [5.74, 6) is 0. The van der Waals surface area contributed by atoms with Gasteiger partial charge in [-0.05, 0) is 19.3 Å². The molecule has 15 heavy (non-hydrogen) atoms. The lowest BCUT2D eigenvalue weighted by Crippen LogP contribution is -2.20. The second-order valence-corrected chi connectivity index (χ2v) is 4.07. The third-order valence-corrected chi connectivity index (χ3v) is 3.06. The summed E-state index contributed by atoms with van der Waals surface area (Å²) in [6.07, 6.45) is 12.3. The molecule has 1 heterocycles. The van der Waals surface area contributed by atoms with Gasteiger partial charge in [-0.1, -0.05) is 24.4 Å². The van der Waals surface area contributed by atoms with Crippen molar-refractivity contribution in [3.63, 3.8) is 0 Å². The van der Waals surface area contributed by atoms with Crippen LogP contribution in [0.4, 0.5) is 0 Å². The first-order chi connectivity index (χ1) is 7.42. The van der Waals surface area contributed by atoms with E-state index in [9.17, 15) is 0 Å². The fourth-order valence-electron chi connectivity index (χ4n) is 2.22. The van der Waals surface area contributed by atoms with Gasteiger partial charge in [-0.3, -0.25) is 0 Å². The standard InChI is InChI=1S/C11H17N3O/c15-13-10-5-3-1-2-4-6-11(10)14-8-7-12-9-14/h7-9,11,15H,1-6H2. The zero-order valence-electron chi connectivity index (χ0n) is 8.84. The zero-order valence-corrected chi connectivity index (χ0v) is 8.84. The number of hydrogen-bond acceptors (Lipinski definition) is 3. The average Bonchev–Trinajstić information content (AvgIpc) is 2.71. The molecule has 1 atom stereocenters. The Morgan fingerprint density at radius 1 is 1.33 bits per heavy atom. The number of rotatable bonds is 1. The summed E-state index contributed by atoms with van der Waals surface area (Å²) in [5.41, 5.74) is 0.896. The number of hydrogen-bond donors (Lipinski definition) is 1. The minimum Gasteiger partial charge on any atom is -0.411 e. The van der Waals surface area contributed by atoms with Crippen LogP contribution >= 0.6 is 0 Å². The van der Waals surface area contributed by atoms with Crippen molar-refractivity contribution in [2.45, 2.75) is 44.6 Å². The number of imidazole rings is 1. The van der Waals surface area contributed by atoms with Crippen LogP contribution in [-0.4, -0.2) is 20.5 Å². The predicted molar refractivity (Wildman–Crippen MR) is 58.2 cm³/mol. The van der Waals surface area contributed by atoms with E-state index in [4.69, 9.17) is 5.21 Å². The van der Waals surface area contributed by atoms with Gasteiger partial charge < -0.3 is 9.77 Å². The second-order valence-electron chi connectivity index (χ2n) is 4.07. The summed E-state index contributed by atoms with van der Waals surface area (Å²) in [7, 11) is 0. The fourth-order valence-corrected chi connectivity index (χ4v) is 2.22. The quantitative estimate of drug-likeness (QED) is 0.568. The third kappa shape index (κ3) is 2.37. The molecule has 1 unspecified atom stereocenters. The van der Waals surface area contributed by atoms with Crippen LogP contribution in [0.3, 0.4) is 0 Å². The lowest BCUT2D eigenvalue weighted by molar-refractivity contribution is 0.310. The Hall–Kier alpha value is -1.32. The maximum absolute atomic E-state index is 9.03. The number of oxime groups is 1. The smallest absolute Gasteiger partial charge is 0.0952 e. The molecule has 0 bridgehead atoms. The highest BCUT2D eigenvalue weighted by Crippen LogP contribution is 2.24. The van der Waals surface area contributed by atoms with E-state index in [1.165, 1.54) is 19.3 Å². The largest absolute Gasteiger partial charge is 0.411 e. The Morgan fingerprint density at radius 2 is 2.20 bits per heavy atom. The topological polar surface area (TPSA) is 50.4 Å². The van der Waals surface area contributed by atoms with E-state index in [1.807, 2.05) is 10.8 Å². The molecular formula is C11H17N3O. The van der Waals surface area contributed by atoms with Crippen molar-refractivity contribution in [2.24, 2.45) is 5.16 Å². The number of aromatic nitrogens is 2. The van der Waals surface area contributed by atoms with Gasteiger partial charge in [-0.2, -0.15) is 0 Å². The van der Waals surface area contributed by atoms with Gasteiger partial charge in [0.15, 0.2) is 0 Å². The van der Waals surface area contributed by atoms with E-state index in [2.05, 4.69) is 10.1 Å². The molecule has 4 heteroatoms. The first-order valence-electron chi connectivity index (χ1n) is 5.60. The van der Waals surface area contributed by atoms with Crippen LogP contribution in [0.25, 0.3) is 0 Å². The monoisotopic (exact) mass is 207 g/mol. The van der Waals surface area contributed by atoms with Crippen LogP contribution in [0.5, 0.6) is 0 Å². The molecule has 1 fully saturated rings. The van der Waals surface area contributed by atoms with Crippen molar-refractivity contribution in [3.05, 3.63) is 18.7 Å². The Bertz CT molecular complexity index is 319.